The van der Waals surface area contributed by atoms with Crippen molar-refractivity contribution in [3.63, 3.8) is 0 Å². The zero-order chi connectivity index (χ0) is 13.1. The molecule has 0 radical (unpaired) electrons. The summed E-state index contributed by atoms with van der Waals surface area (Å²) in [5.74, 6) is -0.197. The van der Waals surface area contributed by atoms with E-state index >= 15 is 0 Å². The Labute approximate surface area is 102 Å². The minimum absolute atomic E-state index is 0.0179. The minimum Gasteiger partial charge on any atom is -0.269 e. The molecule has 1 heterocycles. The fourth-order valence-corrected chi connectivity index (χ4v) is 1.41. The van der Waals surface area contributed by atoms with Crippen LogP contribution in [0.5, 0.6) is 0 Å². The summed E-state index contributed by atoms with van der Waals surface area (Å²) < 4.78 is 1.48. The van der Waals surface area contributed by atoms with Gasteiger partial charge in [-0.2, -0.15) is 0 Å². The number of nitrogens with zero attached hydrogens (tertiary/aromatic N) is 2. The molecule has 0 spiro atoms. The number of pyridine rings is 1. The van der Waals surface area contributed by atoms with Gasteiger partial charge in [0.25, 0.3) is 5.91 Å². The van der Waals surface area contributed by atoms with E-state index in [0.29, 0.717) is 5.49 Å². The van der Waals surface area contributed by atoms with E-state index in [1.54, 1.807) is 6.20 Å². The van der Waals surface area contributed by atoms with Crippen LogP contribution in [-0.2, 0) is 5.41 Å². The number of carbonyl (C=O) groups excluding carboxylic acids is 1. The second-order valence-electron chi connectivity index (χ2n) is 4.75. The second-order valence-corrected chi connectivity index (χ2v) is 4.75. The Kier molecular flexibility index (Phi) is 3.84. The Bertz CT molecular complexity index is 516. The number of aromatic nitrogens is 1. The van der Waals surface area contributed by atoms with Gasteiger partial charge in [0.05, 0.1) is 0 Å². The number of rotatable bonds is 2. The van der Waals surface area contributed by atoms with Crippen LogP contribution in [0, 0.1) is 0 Å². The van der Waals surface area contributed by atoms with Gasteiger partial charge in [-0.1, -0.05) is 40.0 Å². The fourth-order valence-electron chi connectivity index (χ4n) is 1.41. The molecule has 1 aromatic heterocycles. The third-order valence-corrected chi connectivity index (χ3v) is 2.43. The highest BCUT2D eigenvalue weighted by Gasteiger charge is 2.15. The SMILES string of the molecule is C=C/N=c1/ccc(C(C)(C)C)cn1C(=O)C=C. The van der Waals surface area contributed by atoms with Crippen molar-refractivity contribution in [2.24, 2.45) is 4.99 Å². The molecule has 0 saturated carbocycles. The maximum absolute atomic E-state index is 11.7. The highest BCUT2D eigenvalue weighted by molar-refractivity contribution is 5.89. The van der Waals surface area contributed by atoms with E-state index in [2.05, 4.69) is 38.9 Å². The monoisotopic (exact) mass is 230 g/mol. The van der Waals surface area contributed by atoms with Crippen molar-refractivity contribution in [3.05, 3.63) is 54.8 Å². The van der Waals surface area contributed by atoms with Crippen molar-refractivity contribution in [1.29, 1.82) is 0 Å². The van der Waals surface area contributed by atoms with Crippen LogP contribution in [0.3, 0.4) is 0 Å². The van der Waals surface area contributed by atoms with Crippen molar-refractivity contribution in [2.45, 2.75) is 26.2 Å². The summed E-state index contributed by atoms with van der Waals surface area (Å²) >= 11 is 0. The van der Waals surface area contributed by atoms with Crippen LogP contribution in [0.25, 0.3) is 0 Å². The lowest BCUT2D eigenvalue weighted by Gasteiger charge is -2.19. The summed E-state index contributed by atoms with van der Waals surface area (Å²) in [5.41, 5.74) is 1.60. The van der Waals surface area contributed by atoms with Crippen molar-refractivity contribution >= 4 is 5.91 Å². The highest BCUT2D eigenvalue weighted by Crippen LogP contribution is 2.20. The maximum atomic E-state index is 11.7. The molecule has 0 amide bonds. The molecule has 90 valence electrons. The van der Waals surface area contributed by atoms with Gasteiger partial charge in [0.1, 0.15) is 5.49 Å². The van der Waals surface area contributed by atoms with Gasteiger partial charge >= 0.3 is 0 Å². The Morgan fingerprint density at radius 2 is 2.00 bits per heavy atom. The van der Waals surface area contributed by atoms with Crippen LogP contribution in [0.4, 0.5) is 0 Å². The summed E-state index contributed by atoms with van der Waals surface area (Å²) in [6, 6.07) is 3.78. The first-order chi connectivity index (χ1) is 7.90. The summed E-state index contributed by atoms with van der Waals surface area (Å²) in [6.45, 7) is 13.3. The molecule has 0 aliphatic heterocycles. The van der Waals surface area contributed by atoms with Crippen LogP contribution in [0.1, 0.15) is 31.1 Å². The Morgan fingerprint density at radius 3 is 2.47 bits per heavy atom. The molecule has 0 aliphatic rings. The molecule has 0 aromatic carbocycles. The number of carbonyl (C=O) groups is 1. The van der Waals surface area contributed by atoms with Crippen LogP contribution in [0.15, 0.2) is 48.8 Å². The van der Waals surface area contributed by atoms with Gasteiger partial charge in [0.15, 0.2) is 0 Å². The van der Waals surface area contributed by atoms with Gasteiger partial charge in [-0.05, 0) is 23.1 Å². The Hall–Kier alpha value is -1.90. The van der Waals surface area contributed by atoms with E-state index in [9.17, 15) is 4.79 Å². The molecule has 1 aromatic rings. The summed E-state index contributed by atoms with van der Waals surface area (Å²) in [4.78, 5) is 15.8. The van der Waals surface area contributed by atoms with E-state index < -0.39 is 0 Å². The first-order valence-electron chi connectivity index (χ1n) is 5.45. The maximum Gasteiger partial charge on any atom is 0.255 e. The minimum atomic E-state index is -0.197. The number of hydrogen-bond donors (Lipinski definition) is 0. The average Bonchev–Trinajstić information content (AvgIpc) is 2.27. The molecule has 0 atom stereocenters. The topological polar surface area (TPSA) is 34.4 Å². The van der Waals surface area contributed by atoms with Gasteiger partial charge < -0.3 is 0 Å². The van der Waals surface area contributed by atoms with Crippen LogP contribution in [-0.4, -0.2) is 10.5 Å². The zero-order valence-electron chi connectivity index (χ0n) is 10.6. The molecule has 0 bridgehead atoms. The molecule has 0 saturated heterocycles. The predicted octanol–water partition coefficient (Wildman–Crippen LogP) is 2.66. The normalized spacial score (nSPS) is 12.3. The molecule has 0 aliphatic carbocycles. The summed E-state index contributed by atoms with van der Waals surface area (Å²) in [5, 5.41) is 0. The third-order valence-electron chi connectivity index (χ3n) is 2.43. The van der Waals surface area contributed by atoms with Crippen LogP contribution >= 0.6 is 0 Å². The van der Waals surface area contributed by atoms with E-state index in [1.807, 2.05) is 12.1 Å². The molecule has 3 nitrogen and oxygen atoms in total. The first kappa shape index (κ1) is 13.2. The predicted molar refractivity (Wildman–Crippen MR) is 69.7 cm³/mol. The zero-order valence-corrected chi connectivity index (χ0v) is 10.6. The molecule has 1 rings (SSSR count). The largest absolute Gasteiger partial charge is 0.269 e. The highest BCUT2D eigenvalue weighted by atomic mass is 16.1. The lowest BCUT2D eigenvalue weighted by Crippen LogP contribution is -2.27. The smallest absolute Gasteiger partial charge is 0.255 e. The van der Waals surface area contributed by atoms with Gasteiger partial charge in [-0.25, -0.2) is 4.99 Å². The lowest BCUT2D eigenvalue weighted by molar-refractivity contribution is 0.0964. The van der Waals surface area contributed by atoms with Gasteiger partial charge in [0, 0.05) is 12.4 Å². The van der Waals surface area contributed by atoms with E-state index in [1.165, 1.54) is 16.8 Å². The van der Waals surface area contributed by atoms with Crippen molar-refractivity contribution in [3.8, 4) is 0 Å². The van der Waals surface area contributed by atoms with Crippen molar-refractivity contribution < 1.29 is 4.79 Å². The molecular formula is C14H18N2O. The number of hydrogen-bond acceptors (Lipinski definition) is 2. The van der Waals surface area contributed by atoms with E-state index in [-0.39, 0.29) is 11.3 Å². The summed E-state index contributed by atoms with van der Waals surface area (Å²) in [6.07, 6.45) is 4.49. The van der Waals surface area contributed by atoms with Crippen molar-refractivity contribution in [1.82, 2.24) is 4.57 Å². The van der Waals surface area contributed by atoms with Gasteiger partial charge in [-0.15, -0.1) is 0 Å². The van der Waals surface area contributed by atoms with Crippen molar-refractivity contribution in [2.75, 3.05) is 0 Å². The van der Waals surface area contributed by atoms with Gasteiger partial charge in [0.2, 0.25) is 0 Å². The Balaban J connectivity index is 3.50. The Morgan fingerprint density at radius 1 is 1.35 bits per heavy atom. The first-order valence-corrected chi connectivity index (χ1v) is 5.45. The van der Waals surface area contributed by atoms with E-state index in [4.69, 9.17) is 0 Å². The lowest BCUT2D eigenvalue weighted by atomic mass is 9.88. The number of allylic oxidation sites excluding steroid dienone is 1. The average molecular weight is 230 g/mol. The molecule has 3 heteroatoms. The molecule has 0 fully saturated rings. The molecule has 0 unspecified atom stereocenters. The quantitative estimate of drug-likeness (QED) is 0.719. The molecule has 17 heavy (non-hydrogen) atoms. The van der Waals surface area contributed by atoms with Crippen LogP contribution in [0.2, 0.25) is 0 Å². The standard InChI is InChI=1S/C14H18N2O/c1-6-13(17)16-10-11(14(3,4)5)8-9-12(16)15-7-2/h6-10H,1-2H2,3-5H3/b15-12-. The second kappa shape index (κ2) is 4.95. The van der Waals surface area contributed by atoms with Crippen LogP contribution < -0.4 is 5.49 Å². The molecule has 0 N–H and O–H groups in total. The van der Waals surface area contributed by atoms with E-state index in [0.717, 1.165) is 5.56 Å². The summed E-state index contributed by atoms with van der Waals surface area (Å²) in [7, 11) is 0. The third kappa shape index (κ3) is 3.03. The molecular weight excluding hydrogens is 212 g/mol. The fraction of sp³-hybridized carbons (Fsp3) is 0.286. The van der Waals surface area contributed by atoms with Gasteiger partial charge in [-0.3, -0.25) is 9.36 Å².